The summed E-state index contributed by atoms with van der Waals surface area (Å²) in [6.07, 6.45) is 27.4. The number of rotatable bonds is 37. The lowest BCUT2D eigenvalue weighted by molar-refractivity contribution is -0.164. The van der Waals surface area contributed by atoms with E-state index in [0.717, 1.165) is 106 Å². The summed E-state index contributed by atoms with van der Waals surface area (Å²) in [5.74, 6) is 8.88. The van der Waals surface area contributed by atoms with Crippen LogP contribution in [0.1, 0.15) is 414 Å². The molecule has 0 spiro atoms. The van der Waals surface area contributed by atoms with E-state index in [-0.39, 0.29) is 60.6 Å². The molecule has 13 unspecified atom stereocenters. The Morgan fingerprint density at radius 1 is 0.289 bits per heavy atom. The van der Waals surface area contributed by atoms with E-state index in [1.807, 2.05) is 149 Å². The van der Waals surface area contributed by atoms with Gasteiger partial charge in [-0.3, -0.25) is 9.59 Å². The number of phenolic OH excluding ortho intramolecular Hbond substituents is 3. The number of esters is 2. The van der Waals surface area contributed by atoms with Crippen molar-refractivity contribution in [3.63, 3.8) is 0 Å². The quantitative estimate of drug-likeness (QED) is 0.0246. The average Bonchev–Trinajstić information content (AvgIpc) is 1.72. The van der Waals surface area contributed by atoms with Crippen molar-refractivity contribution in [2.75, 3.05) is 19.8 Å². The molecule has 0 saturated heterocycles. The first kappa shape index (κ1) is 116. The van der Waals surface area contributed by atoms with E-state index in [4.69, 9.17) is 62.7 Å². The first-order valence-corrected chi connectivity index (χ1v) is 49.6. The van der Waals surface area contributed by atoms with Gasteiger partial charge in [0.05, 0.1) is 17.9 Å². The summed E-state index contributed by atoms with van der Waals surface area (Å²) in [5, 5.41) is 27.0. The summed E-state index contributed by atoms with van der Waals surface area (Å²) < 4.78 is 55.7. The predicted molar refractivity (Wildman–Crippen MR) is 534 cm³/mol. The molecule has 3 fully saturated rings. The van der Waals surface area contributed by atoms with Crippen molar-refractivity contribution in [3.8, 4) is 40.2 Å². The second-order valence-electron chi connectivity index (χ2n) is 35.2. The molecule has 3 saturated carbocycles. The number of hydrogen-bond donors (Lipinski definition) is 3. The normalized spacial score (nSPS) is 16.4. The van der Waals surface area contributed by atoms with E-state index in [1.54, 1.807) is 36.4 Å². The molecule has 3 aliphatic carbocycles. The van der Waals surface area contributed by atoms with Crippen LogP contribution in [0.3, 0.4) is 0 Å². The Hall–Kier alpha value is -8.08. The Morgan fingerprint density at radius 2 is 0.516 bits per heavy atom. The van der Waals surface area contributed by atoms with Gasteiger partial charge in [-0.25, -0.2) is 0 Å². The van der Waals surface area contributed by atoms with Gasteiger partial charge in [-0.1, -0.05) is 242 Å². The Morgan fingerprint density at radius 3 is 0.742 bits per heavy atom. The zero-order valence-corrected chi connectivity index (χ0v) is 84.7. The largest absolute Gasteiger partial charge is 0.508 e. The van der Waals surface area contributed by atoms with Crippen molar-refractivity contribution in [2.24, 2.45) is 11.8 Å². The van der Waals surface area contributed by atoms with Crippen LogP contribution < -0.4 is 18.9 Å². The van der Waals surface area contributed by atoms with Crippen LogP contribution in [0.25, 0.3) is 0 Å². The zero-order chi connectivity index (χ0) is 95.4. The van der Waals surface area contributed by atoms with E-state index in [2.05, 4.69) is 165 Å². The summed E-state index contributed by atoms with van der Waals surface area (Å²) in [4.78, 5) is 23.1. The fourth-order valence-electron chi connectivity index (χ4n) is 14.3. The van der Waals surface area contributed by atoms with Gasteiger partial charge in [0.1, 0.15) is 52.0 Å². The molecular formula is C113H178O15. The molecule has 0 aromatic heterocycles. The minimum absolute atomic E-state index is 0.00347. The van der Waals surface area contributed by atoms with Crippen molar-refractivity contribution in [2.45, 2.75) is 419 Å². The lowest BCUT2D eigenvalue weighted by Crippen LogP contribution is -2.33. The molecule has 128 heavy (non-hydrogen) atoms. The third-order valence-electron chi connectivity index (χ3n) is 25.2. The van der Waals surface area contributed by atoms with E-state index < -0.39 is 0 Å². The van der Waals surface area contributed by atoms with Gasteiger partial charge in [-0.2, -0.15) is 0 Å². The highest BCUT2D eigenvalue weighted by atomic mass is 16.7. The van der Waals surface area contributed by atoms with Crippen molar-refractivity contribution in [1.82, 2.24) is 0 Å². The SMILES string of the molecule is CCC(C)C(=O)OC1(CC)CCCC1.CCC(C)C(=O)OC1CCCCC1.CCC(C)c1ccc(O)cc1.CCC(C)c1ccc(O)cc1.CCC(C)c1ccc(O)cc1.CCC(C)c1ccc(OC(C)OC2CCCCC2)cc1.CCOC(C)Oc1ccc(C(C)CC)cc1.CCOC(C)Oc1ccc(C(C)CC)cc1.CCOC(C)Oc1ccc(C(C)CC)cc1. The van der Waals surface area contributed by atoms with Crippen LogP contribution in [-0.2, 0) is 38.0 Å². The highest BCUT2D eigenvalue weighted by Crippen LogP contribution is 2.37. The van der Waals surface area contributed by atoms with Gasteiger partial charge in [0.2, 0.25) is 0 Å². The molecule has 0 radical (unpaired) electrons. The molecule has 0 amide bonds. The molecule has 13 atom stereocenters. The predicted octanol–water partition coefficient (Wildman–Crippen LogP) is 32.1. The molecule has 15 heteroatoms. The van der Waals surface area contributed by atoms with Crippen molar-refractivity contribution in [1.29, 1.82) is 0 Å². The van der Waals surface area contributed by atoms with Gasteiger partial charge in [0, 0.05) is 19.8 Å². The molecule has 0 aliphatic heterocycles. The Kier molecular flexibility index (Phi) is 61.6. The van der Waals surface area contributed by atoms with E-state index in [9.17, 15) is 9.59 Å². The Balaban J connectivity index is 0.000000491. The van der Waals surface area contributed by atoms with Gasteiger partial charge >= 0.3 is 11.9 Å². The fourth-order valence-corrected chi connectivity index (χ4v) is 14.3. The van der Waals surface area contributed by atoms with Crippen LogP contribution in [0.2, 0.25) is 0 Å². The van der Waals surface area contributed by atoms with Crippen LogP contribution in [0.4, 0.5) is 0 Å². The molecule has 10 rings (SSSR count). The van der Waals surface area contributed by atoms with Gasteiger partial charge in [-0.05, 0) is 342 Å². The number of ether oxygens (including phenoxy) is 10. The summed E-state index contributed by atoms with van der Waals surface area (Å²) >= 11 is 0. The summed E-state index contributed by atoms with van der Waals surface area (Å²) in [6, 6.07) is 55.6. The van der Waals surface area contributed by atoms with Gasteiger partial charge in [0.15, 0.2) is 25.2 Å². The van der Waals surface area contributed by atoms with Crippen molar-refractivity contribution < 1.29 is 72.3 Å². The molecule has 3 aliphatic rings. The maximum absolute atomic E-state index is 11.7. The Bertz CT molecular complexity index is 3560. The smallest absolute Gasteiger partial charge is 0.309 e. The molecule has 7 aromatic rings. The van der Waals surface area contributed by atoms with Gasteiger partial charge < -0.3 is 62.7 Å². The standard InChI is InChI=1S/C18H28O2.3C14H22O2.C12H22O2.C11H20O2.3C10H14O/c1-4-14(2)16-10-12-18(13-11-16)20-15(3)19-17-8-6-5-7-9-17;3*1-5-11(3)13-7-9-14(10-8-13)16-12(4)15-6-2;1-4-10(3)11(13)14-12(5-2)8-6-7-9-12;1-3-9(2)11(12)13-10-7-5-4-6-8-10;3*1-3-8(2)9-4-6-10(11)7-5-9/h10-15,17H,4-9H2,1-3H3;3*7-12H,5-6H2,1-4H3;10H,4-9H2,1-3H3;9-10H,3-8H2,1-2H3;3*4-8,11H,3H2,1-2H3. The third kappa shape index (κ3) is 48.7. The van der Waals surface area contributed by atoms with Gasteiger partial charge in [0.25, 0.3) is 0 Å². The summed E-state index contributed by atoms with van der Waals surface area (Å²) in [5.41, 5.74) is 9.24. The lowest BCUT2D eigenvalue weighted by atomic mass is 9.97. The second kappa shape index (κ2) is 68.0. The zero-order valence-electron chi connectivity index (χ0n) is 84.7. The molecule has 0 bridgehead atoms. The second-order valence-corrected chi connectivity index (χ2v) is 35.2. The monoisotopic (exact) mass is 1780 g/mol. The van der Waals surface area contributed by atoms with Crippen molar-refractivity contribution in [3.05, 3.63) is 209 Å². The molecule has 15 nitrogen and oxygen atoms in total. The van der Waals surface area contributed by atoms with Crippen molar-refractivity contribution >= 4 is 11.9 Å². The first-order valence-electron chi connectivity index (χ1n) is 49.6. The minimum Gasteiger partial charge on any atom is -0.508 e. The van der Waals surface area contributed by atoms with Crippen LogP contribution in [0.5, 0.6) is 40.2 Å². The molecule has 0 heterocycles. The number of benzene rings is 7. The van der Waals surface area contributed by atoms with Crippen LogP contribution in [0.15, 0.2) is 170 Å². The third-order valence-corrected chi connectivity index (χ3v) is 25.2. The number of phenols is 3. The molecule has 3 N–H and O–H groups in total. The number of carbonyl (C=O) groups is 2. The minimum atomic E-state index is -0.181. The fraction of sp³-hybridized carbons (Fsp3) is 0.611. The highest BCUT2D eigenvalue weighted by molar-refractivity contribution is 5.72. The number of hydrogen-bond acceptors (Lipinski definition) is 15. The molecule has 7 aromatic carbocycles. The summed E-state index contributed by atoms with van der Waals surface area (Å²) in [7, 11) is 0. The highest BCUT2D eigenvalue weighted by Gasteiger charge is 2.37. The maximum atomic E-state index is 11.7. The van der Waals surface area contributed by atoms with Crippen LogP contribution in [0, 0.1) is 11.8 Å². The van der Waals surface area contributed by atoms with Crippen LogP contribution >= 0.6 is 0 Å². The van der Waals surface area contributed by atoms with Crippen LogP contribution in [-0.4, -0.2) is 90.0 Å². The number of aromatic hydroxyl groups is 3. The lowest BCUT2D eigenvalue weighted by Gasteiger charge is -2.29. The molecule has 720 valence electrons. The van der Waals surface area contributed by atoms with Gasteiger partial charge in [-0.15, -0.1) is 0 Å². The summed E-state index contributed by atoms with van der Waals surface area (Å²) in [6.45, 7) is 56.5. The first-order chi connectivity index (χ1) is 61.3. The maximum Gasteiger partial charge on any atom is 0.309 e. The topological polar surface area (TPSA) is 187 Å². The average molecular weight is 1780 g/mol. The Labute approximate surface area is 779 Å². The van der Waals surface area contributed by atoms with E-state index in [0.29, 0.717) is 84.6 Å². The number of carbonyl (C=O) groups excluding carboxylic acids is 2. The van der Waals surface area contributed by atoms with E-state index in [1.165, 1.54) is 110 Å². The van der Waals surface area contributed by atoms with E-state index >= 15 is 0 Å². The molecular weight excluding hydrogens is 1600 g/mol.